The Balaban J connectivity index is 1.91. The largest absolute Gasteiger partial charge is 0.460 e. The van der Waals surface area contributed by atoms with Crippen LogP contribution in [-0.2, 0) is 16.1 Å². The Bertz CT molecular complexity index is 400. The molecule has 1 aliphatic rings. The molecule has 1 atom stereocenters. The van der Waals surface area contributed by atoms with Gasteiger partial charge < -0.3 is 10.1 Å². The number of nitrogens with one attached hydrogen (secondary N) is 1. The molecule has 3 nitrogen and oxygen atoms in total. The molecule has 1 heterocycles. The monoisotopic (exact) mass is 247 g/mol. The van der Waals surface area contributed by atoms with Gasteiger partial charge in [0, 0.05) is 0 Å². The van der Waals surface area contributed by atoms with Crippen molar-refractivity contribution in [2.45, 2.75) is 39.3 Å². The summed E-state index contributed by atoms with van der Waals surface area (Å²) in [7, 11) is 0. The maximum atomic E-state index is 12.1. The summed E-state index contributed by atoms with van der Waals surface area (Å²) in [4.78, 5) is 12.1. The molecule has 3 heteroatoms. The lowest BCUT2D eigenvalue weighted by Crippen LogP contribution is -2.52. The third kappa shape index (κ3) is 3.10. The number of hydrogen-bond acceptors (Lipinski definition) is 3. The molecule has 1 unspecified atom stereocenters. The van der Waals surface area contributed by atoms with Crippen LogP contribution in [0.3, 0.4) is 0 Å². The summed E-state index contributed by atoms with van der Waals surface area (Å²) in [6, 6.07) is 9.60. The first kappa shape index (κ1) is 13.1. The summed E-state index contributed by atoms with van der Waals surface area (Å²) in [5, 5.41) is 3.27. The molecule has 0 amide bonds. The molecule has 2 rings (SSSR count). The van der Waals surface area contributed by atoms with E-state index in [-0.39, 0.29) is 17.4 Å². The highest BCUT2D eigenvalue weighted by Gasteiger charge is 2.38. The molecule has 1 N–H and O–H groups in total. The summed E-state index contributed by atoms with van der Waals surface area (Å²) >= 11 is 0. The fourth-order valence-electron chi connectivity index (χ4n) is 2.43. The molecule has 0 saturated carbocycles. The number of carbonyl (C=O) groups excluding carboxylic acids is 1. The molecule has 98 valence electrons. The minimum Gasteiger partial charge on any atom is -0.460 e. The van der Waals surface area contributed by atoms with Crippen molar-refractivity contribution in [2.24, 2.45) is 5.41 Å². The first-order valence-corrected chi connectivity index (χ1v) is 6.53. The molecular weight excluding hydrogens is 226 g/mol. The van der Waals surface area contributed by atoms with Gasteiger partial charge in [0.05, 0.1) is 0 Å². The van der Waals surface area contributed by atoms with E-state index in [2.05, 4.69) is 19.2 Å². The van der Waals surface area contributed by atoms with E-state index in [1.54, 1.807) is 0 Å². The number of piperidine rings is 1. The zero-order chi connectivity index (χ0) is 13.0. The van der Waals surface area contributed by atoms with Gasteiger partial charge in [0.1, 0.15) is 12.6 Å². The van der Waals surface area contributed by atoms with Crippen molar-refractivity contribution in [1.82, 2.24) is 5.32 Å². The van der Waals surface area contributed by atoms with E-state index >= 15 is 0 Å². The molecule has 1 fully saturated rings. The van der Waals surface area contributed by atoms with Crippen LogP contribution in [0, 0.1) is 5.41 Å². The lowest BCUT2D eigenvalue weighted by atomic mass is 9.77. The maximum absolute atomic E-state index is 12.1. The third-order valence-electron chi connectivity index (χ3n) is 3.59. The fourth-order valence-corrected chi connectivity index (χ4v) is 2.43. The molecule has 0 aliphatic carbocycles. The first-order valence-electron chi connectivity index (χ1n) is 6.53. The summed E-state index contributed by atoms with van der Waals surface area (Å²) in [6.07, 6.45) is 2.18. The first-order chi connectivity index (χ1) is 8.59. The zero-order valence-electron chi connectivity index (χ0n) is 11.1. The highest BCUT2D eigenvalue weighted by atomic mass is 16.5. The van der Waals surface area contributed by atoms with Crippen LogP contribution in [0.5, 0.6) is 0 Å². The van der Waals surface area contributed by atoms with Crippen molar-refractivity contribution in [3.8, 4) is 0 Å². The van der Waals surface area contributed by atoms with Gasteiger partial charge >= 0.3 is 5.97 Å². The number of ether oxygens (including phenoxy) is 1. The summed E-state index contributed by atoms with van der Waals surface area (Å²) in [5.74, 6) is -0.136. The maximum Gasteiger partial charge on any atom is 0.324 e. The minimum atomic E-state index is -0.185. The van der Waals surface area contributed by atoms with E-state index in [1.165, 1.54) is 0 Å². The normalized spacial score (nSPS) is 22.4. The molecule has 1 aromatic carbocycles. The summed E-state index contributed by atoms with van der Waals surface area (Å²) in [6.45, 7) is 5.49. The van der Waals surface area contributed by atoms with Gasteiger partial charge in [-0.3, -0.25) is 4.79 Å². The van der Waals surface area contributed by atoms with Crippen LogP contribution in [-0.4, -0.2) is 18.6 Å². The molecule has 0 radical (unpaired) electrons. The second kappa shape index (κ2) is 5.53. The van der Waals surface area contributed by atoms with Crippen LogP contribution >= 0.6 is 0 Å². The second-order valence-electron chi connectivity index (χ2n) is 5.57. The Morgan fingerprint density at radius 3 is 2.78 bits per heavy atom. The number of benzene rings is 1. The van der Waals surface area contributed by atoms with Crippen LogP contribution < -0.4 is 5.32 Å². The van der Waals surface area contributed by atoms with Crippen molar-refractivity contribution in [3.63, 3.8) is 0 Å². The van der Waals surface area contributed by atoms with Crippen LogP contribution in [0.1, 0.15) is 32.3 Å². The Kier molecular flexibility index (Phi) is 4.02. The smallest absolute Gasteiger partial charge is 0.324 e. The molecular formula is C15H21NO2. The fraction of sp³-hybridized carbons (Fsp3) is 0.533. The van der Waals surface area contributed by atoms with E-state index < -0.39 is 0 Å². The van der Waals surface area contributed by atoms with Crippen LogP contribution in [0.25, 0.3) is 0 Å². The van der Waals surface area contributed by atoms with Gasteiger partial charge in [-0.25, -0.2) is 0 Å². The third-order valence-corrected chi connectivity index (χ3v) is 3.59. The standard InChI is InChI=1S/C15H21NO2/c1-15(2)9-6-10-16-13(15)14(17)18-11-12-7-4-3-5-8-12/h3-5,7-8,13,16H,6,9-11H2,1-2H3. The quantitative estimate of drug-likeness (QED) is 0.834. The number of rotatable bonds is 3. The Morgan fingerprint density at radius 2 is 2.11 bits per heavy atom. The number of carbonyl (C=O) groups is 1. The topological polar surface area (TPSA) is 38.3 Å². The van der Waals surface area contributed by atoms with Gasteiger partial charge in [0.15, 0.2) is 0 Å². The SMILES string of the molecule is CC1(C)CCCNC1C(=O)OCc1ccccc1. The van der Waals surface area contributed by atoms with Crippen molar-refractivity contribution in [2.75, 3.05) is 6.54 Å². The summed E-state index contributed by atoms with van der Waals surface area (Å²) < 4.78 is 5.40. The van der Waals surface area contributed by atoms with E-state index in [1.807, 2.05) is 30.3 Å². The molecule has 0 bridgehead atoms. The summed E-state index contributed by atoms with van der Waals surface area (Å²) in [5.41, 5.74) is 1.01. The predicted molar refractivity (Wildman–Crippen MR) is 71.0 cm³/mol. The Labute approximate surface area is 109 Å². The molecule has 1 aliphatic heterocycles. The molecule has 0 aromatic heterocycles. The van der Waals surface area contributed by atoms with Crippen molar-refractivity contribution >= 4 is 5.97 Å². The molecule has 18 heavy (non-hydrogen) atoms. The van der Waals surface area contributed by atoms with Gasteiger partial charge in [-0.15, -0.1) is 0 Å². The van der Waals surface area contributed by atoms with Crippen LogP contribution in [0.15, 0.2) is 30.3 Å². The van der Waals surface area contributed by atoms with E-state index in [9.17, 15) is 4.79 Å². The number of esters is 1. The van der Waals surface area contributed by atoms with Gasteiger partial charge in [-0.1, -0.05) is 44.2 Å². The van der Waals surface area contributed by atoms with E-state index in [0.717, 1.165) is 24.9 Å². The Morgan fingerprint density at radius 1 is 1.39 bits per heavy atom. The second-order valence-corrected chi connectivity index (χ2v) is 5.57. The van der Waals surface area contributed by atoms with Gasteiger partial charge in [0.25, 0.3) is 0 Å². The van der Waals surface area contributed by atoms with E-state index in [4.69, 9.17) is 4.74 Å². The highest BCUT2D eigenvalue weighted by molar-refractivity contribution is 5.77. The lowest BCUT2D eigenvalue weighted by Gasteiger charge is -2.37. The van der Waals surface area contributed by atoms with Crippen LogP contribution in [0.2, 0.25) is 0 Å². The molecule has 1 saturated heterocycles. The minimum absolute atomic E-state index is 0.0218. The zero-order valence-corrected chi connectivity index (χ0v) is 11.1. The van der Waals surface area contributed by atoms with Crippen molar-refractivity contribution < 1.29 is 9.53 Å². The number of hydrogen-bond donors (Lipinski definition) is 1. The Hall–Kier alpha value is -1.35. The molecule has 0 spiro atoms. The van der Waals surface area contributed by atoms with Crippen molar-refractivity contribution in [1.29, 1.82) is 0 Å². The average Bonchev–Trinajstić information content (AvgIpc) is 2.37. The van der Waals surface area contributed by atoms with Gasteiger partial charge in [0.2, 0.25) is 0 Å². The van der Waals surface area contributed by atoms with Crippen molar-refractivity contribution in [3.05, 3.63) is 35.9 Å². The average molecular weight is 247 g/mol. The van der Waals surface area contributed by atoms with Crippen LogP contribution in [0.4, 0.5) is 0 Å². The van der Waals surface area contributed by atoms with Gasteiger partial charge in [-0.2, -0.15) is 0 Å². The molecule has 1 aromatic rings. The van der Waals surface area contributed by atoms with Gasteiger partial charge in [-0.05, 0) is 30.4 Å². The predicted octanol–water partition coefficient (Wildman–Crippen LogP) is 2.51. The highest BCUT2D eigenvalue weighted by Crippen LogP contribution is 2.30. The van der Waals surface area contributed by atoms with E-state index in [0.29, 0.717) is 6.61 Å². The lowest BCUT2D eigenvalue weighted by molar-refractivity contribution is -0.151.